The van der Waals surface area contributed by atoms with Gasteiger partial charge in [0.1, 0.15) is 13.2 Å². The number of ether oxygens (including phenoxy) is 3. The molecule has 0 radical (unpaired) electrons. The summed E-state index contributed by atoms with van der Waals surface area (Å²) in [6.45, 7) is 6.58. The molecule has 1 atom stereocenters. The summed E-state index contributed by atoms with van der Waals surface area (Å²) >= 11 is 0. The Balaban J connectivity index is 4.18. The average Bonchev–Trinajstić information content (AvgIpc) is 3.26. The number of hydrogen-bond acceptors (Lipinski definition) is 6. The molecule has 0 bridgehead atoms. The van der Waals surface area contributed by atoms with Crippen molar-refractivity contribution >= 4 is 17.9 Å². The molecule has 0 saturated heterocycles. The van der Waals surface area contributed by atoms with Crippen LogP contribution in [0.2, 0.25) is 0 Å². The van der Waals surface area contributed by atoms with Crippen LogP contribution in [-0.4, -0.2) is 37.2 Å². The lowest BCUT2D eigenvalue weighted by atomic mass is 10.0. The van der Waals surface area contributed by atoms with Crippen LogP contribution in [0.4, 0.5) is 0 Å². The molecule has 6 heteroatoms. The molecule has 0 aliphatic carbocycles. The highest BCUT2D eigenvalue weighted by molar-refractivity contribution is 5.71. The van der Waals surface area contributed by atoms with Gasteiger partial charge in [-0.05, 0) is 70.6 Å². The van der Waals surface area contributed by atoms with E-state index in [0.29, 0.717) is 19.3 Å². The third-order valence-electron chi connectivity index (χ3n) is 11.6. The van der Waals surface area contributed by atoms with E-state index in [4.69, 9.17) is 14.2 Å². The van der Waals surface area contributed by atoms with Gasteiger partial charge in [-0.25, -0.2) is 0 Å². The molecule has 0 saturated carbocycles. The van der Waals surface area contributed by atoms with Gasteiger partial charge in [0.15, 0.2) is 6.10 Å². The van der Waals surface area contributed by atoms with E-state index in [0.717, 1.165) is 77.0 Å². The van der Waals surface area contributed by atoms with Crippen molar-refractivity contribution in [1.29, 1.82) is 0 Å². The van der Waals surface area contributed by atoms with Gasteiger partial charge in [0, 0.05) is 19.3 Å². The molecule has 0 aromatic rings. The van der Waals surface area contributed by atoms with Crippen LogP contribution in [0.1, 0.15) is 278 Å². The molecular weight excluding hydrogens is 757 g/mol. The smallest absolute Gasteiger partial charge is 0.306 e. The number of hydrogen-bond donors (Lipinski definition) is 0. The minimum Gasteiger partial charge on any atom is -0.462 e. The summed E-state index contributed by atoms with van der Waals surface area (Å²) in [5.74, 6) is -0.880. The van der Waals surface area contributed by atoms with Crippen LogP contribution < -0.4 is 0 Å². The number of rotatable bonds is 48. The lowest BCUT2D eigenvalue weighted by Crippen LogP contribution is -2.30. The second kappa shape index (κ2) is 50.3. The Bertz CT molecular complexity index is 1030. The van der Waals surface area contributed by atoms with E-state index in [1.165, 1.54) is 161 Å². The maximum atomic E-state index is 12.7. The Morgan fingerprint density at radius 2 is 0.607 bits per heavy atom. The van der Waals surface area contributed by atoms with Crippen molar-refractivity contribution in [1.82, 2.24) is 0 Å². The summed E-state index contributed by atoms with van der Waals surface area (Å²) < 4.78 is 16.7. The molecule has 1 unspecified atom stereocenters. The van der Waals surface area contributed by atoms with Crippen molar-refractivity contribution < 1.29 is 28.6 Å². The zero-order valence-corrected chi connectivity index (χ0v) is 40.7. The largest absolute Gasteiger partial charge is 0.462 e. The third-order valence-corrected chi connectivity index (χ3v) is 11.6. The highest BCUT2D eigenvalue weighted by atomic mass is 16.6. The number of carbonyl (C=O) groups excluding carboxylic acids is 3. The molecular formula is C55H100O6. The Labute approximate surface area is 378 Å². The van der Waals surface area contributed by atoms with Crippen molar-refractivity contribution in [3.63, 3.8) is 0 Å². The van der Waals surface area contributed by atoms with Gasteiger partial charge in [-0.15, -0.1) is 0 Å². The fourth-order valence-electron chi connectivity index (χ4n) is 7.57. The highest BCUT2D eigenvalue weighted by Crippen LogP contribution is 2.15. The maximum Gasteiger partial charge on any atom is 0.306 e. The Morgan fingerprint density at radius 3 is 0.967 bits per heavy atom. The first-order chi connectivity index (χ1) is 30.0. The predicted molar refractivity (Wildman–Crippen MR) is 261 cm³/mol. The van der Waals surface area contributed by atoms with Crippen molar-refractivity contribution in [2.75, 3.05) is 13.2 Å². The van der Waals surface area contributed by atoms with E-state index in [1.54, 1.807) is 0 Å². The first-order valence-corrected chi connectivity index (χ1v) is 26.5. The van der Waals surface area contributed by atoms with Crippen molar-refractivity contribution in [3.8, 4) is 0 Å². The van der Waals surface area contributed by atoms with Crippen LogP contribution in [0.25, 0.3) is 0 Å². The molecule has 0 aromatic heterocycles. The van der Waals surface area contributed by atoms with Gasteiger partial charge in [0.05, 0.1) is 0 Å². The van der Waals surface area contributed by atoms with Crippen LogP contribution in [0.5, 0.6) is 0 Å². The summed E-state index contributed by atoms with van der Waals surface area (Å²) in [5, 5.41) is 0. The van der Waals surface area contributed by atoms with E-state index in [-0.39, 0.29) is 31.1 Å². The topological polar surface area (TPSA) is 78.9 Å². The zero-order chi connectivity index (χ0) is 44.4. The van der Waals surface area contributed by atoms with Gasteiger partial charge in [-0.3, -0.25) is 14.4 Å². The van der Waals surface area contributed by atoms with E-state index in [2.05, 4.69) is 57.2 Å². The summed E-state index contributed by atoms with van der Waals surface area (Å²) in [6, 6.07) is 0. The van der Waals surface area contributed by atoms with Crippen LogP contribution in [-0.2, 0) is 28.6 Å². The van der Waals surface area contributed by atoms with Crippen molar-refractivity contribution in [2.45, 2.75) is 284 Å². The summed E-state index contributed by atoms with van der Waals surface area (Å²) in [7, 11) is 0. The summed E-state index contributed by atoms with van der Waals surface area (Å²) in [5.41, 5.74) is 0. The normalized spacial score (nSPS) is 12.2. The number of unbranched alkanes of at least 4 members (excludes halogenated alkanes) is 31. The third kappa shape index (κ3) is 48.5. The van der Waals surface area contributed by atoms with Crippen LogP contribution in [0.3, 0.4) is 0 Å². The molecule has 0 rings (SSSR count). The highest BCUT2D eigenvalue weighted by Gasteiger charge is 2.19. The van der Waals surface area contributed by atoms with Gasteiger partial charge in [-0.2, -0.15) is 0 Å². The SMILES string of the molecule is CCCC/C=C\CCCCCCCC(=O)OC(COC(=O)CCCCCCCCCCC)COC(=O)CCCCCCCCCCCCC/C=C\C/C=C\CCCCCCC. The fourth-order valence-corrected chi connectivity index (χ4v) is 7.57. The first kappa shape index (κ1) is 58.6. The van der Waals surface area contributed by atoms with Gasteiger partial charge in [0.25, 0.3) is 0 Å². The standard InChI is InChI=1S/C55H100O6/c1-4-7-10-13-16-19-21-22-23-24-25-26-27-28-29-30-31-32-34-36-39-42-45-48-54(57)60-51-52(50-59-53(56)47-44-41-38-35-18-15-12-9-6-3)61-55(58)49-46-43-40-37-33-20-17-14-11-8-5-2/h14,17,21-22,24-25,52H,4-13,15-16,18-20,23,26-51H2,1-3H3/b17-14-,22-21-,25-24-. The van der Waals surface area contributed by atoms with Crippen molar-refractivity contribution in [2.24, 2.45) is 0 Å². The Morgan fingerprint density at radius 1 is 0.328 bits per heavy atom. The second-order valence-corrected chi connectivity index (χ2v) is 17.8. The first-order valence-electron chi connectivity index (χ1n) is 26.5. The van der Waals surface area contributed by atoms with E-state index in [9.17, 15) is 14.4 Å². The second-order valence-electron chi connectivity index (χ2n) is 17.8. The molecule has 0 heterocycles. The molecule has 0 N–H and O–H groups in total. The molecule has 0 amide bonds. The van der Waals surface area contributed by atoms with Gasteiger partial charge >= 0.3 is 17.9 Å². The van der Waals surface area contributed by atoms with E-state index in [1.807, 2.05) is 0 Å². The predicted octanol–water partition coefficient (Wildman–Crippen LogP) is 17.3. The average molecular weight is 857 g/mol. The van der Waals surface area contributed by atoms with Crippen LogP contribution in [0, 0.1) is 0 Å². The number of carbonyl (C=O) groups is 3. The lowest BCUT2D eigenvalue weighted by Gasteiger charge is -2.18. The zero-order valence-electron chi connectivity index (χ0n) is 40.7. The van der Waals surface area contributed by atoms with E-state index < -0.39 is 6.10 Å². The minimum atomic E-state index is -0.771. The molecule has 6 nitrogen and oxygen atoms in total. The van der Waals surface area contributed by atoms with Crippen LogP contribution >= 0.6 is 0 Å². The molecule has 0 aromatic carbocycles. The summed E-state index contributed by atoms with van der Waals surface area (Å²) in [6.07, 6.45) is 58.6. The monoisotopic (exact) mass is 857 g/mol. The molecule has 356 valence electrons. The molecule has 0 fully saturated rings. The van der Waals surface area contributed by atoms with Crippen LogP contribution in [0.15, 0.2) is 36.5 Å². The maximum absolute atomic E-state index is 12.7. The van der Waals surface area contributed by atoms with E-state index >= 15 is 0 Å². The minimum absolute atomic E-state index is 0.0736. The Kier molecular flexibility index (Phi) is 48.3. The van der Waals surface area contributed by atoms with Crippen molar-refractivity contribution in [3.05, 3.63) is 36.5 Å². The molecule has 0 spiro atoms. The Hall–Kier alpha value is -2.37. The number of allylic oxidation sites excluding steroid dienone is 6. The van der Waals surface area contributed by atoms with Gasteiger partial charge < -0.3 is 14.2 Å². The fraction of sp³-hybridized carbons (Fsp3) is 0.836. The quantitative estimate of drug-likeness (QED) is 0.0262. The van der Waals surface area contributed by atoms with Gasteiger partial charge in [0.2, 0.25) is 0 Å². The molecule has 61 heavy (non-hydrogen) atoms. The lowest BCUT2D eigenvalue weighted by molar-refractivity contribution is -0.167. The molecule has 0 aliphatic rings. The summed E-state index contributed by atoms with van der Waals surface area (Å²) in [4.78, 5) is 37.8. The number of esters is 3. The van der Waals surface area contributed by atoms with Gasteiger partial charge in [-0.1, -0.05) is 224 Å². The molecule has 0 aliphatic heterocycles.